The highest BCUT2D eigenvalue weighted by Gasteiger charge is 2.43. The maximum Gasteiger partial charge on any atom is 0.425 e. The second kappa shape index (κ2) is 7.31. The van der Waals surface area contributed by atoms with Crippen molar-refractivity contribution < 1.29 is 22.4 Å². The summed E-state index contributed by atoms with van der Waals surface area (Å²) in [6.07, 6.45) is -2.59. The van der Waals surface area contributed by atoms with Crippen molar-refractivity contribution >= 4 is 17.5 Å². The maximum absolute atomic E-state index is 12.9. The van der Waals surface area contributed by atoms with E-state index in [-0.39, 0.29) is 17.4 Å². The van der Waals surface area contributed by atoms with E-state index in [0.717, 1.165) is 44.4 Å². The van der Waals surface area contributed by atoms with Crippen LogP contribution in [0.3, 0.4) is 0 Å². The largest absolute Gasteiger partial charge is 0.477 e. The summed E-state index contributed by atoms with van der Waals surface area (Å²) in [5.74, 6) is 2.00. The smallest absolute Gasteiger partial charge is 0.425 e. The molecule has 3 aromatic rings. The molecule has 0 spiro atoms. The van der Waals surface area contributed by atoms with Gasteiger partial charge in [0.1, 0.15) is 0 Å². The minimum Gasteiger partial charge on any atom is -0.477 e. The zero-order valence-corrected chi connectivity index (χ0v) is 17.1. The SMILES string of the molecule is Cc1cc(N2C[C@H]3CC[C@@H](C2)[C@@H]3Nc2nc3c(OC(C)C(F)(F)F)cccn3n2)on1. The van der Waals surface area contributed by atoms with Gasteiger partial charge in [-0.15, -0.1) is 5.10 Å². The van der Waals surface area contributed by atoms with Gasteiger partial charge in [0.15, 0.2) is 17.5 Å². The predicted octanol–water partition coefficient (Wildman–Crippen LogP) is 3.68. The van der Waals surface area contributed by atoms with Gasteiger partial charge in [-0.2, -0.15) is 18.2 Å². The fourth-order valence-corrected chi connectivity index (χ4v) is 4.58. The summed E-state index contributed by atoms with van der Waals surface area (Å²) in [5, 5.41) is 11.8. The molecule has 1 N–H and O–H groups in total. The van der Waals surface area contributed by atoms with Crippen molar-refractivity contribution in [2.24, 2.45) is 11.8 Å². The van der Waals surface area contributed by atoms with Crippen LogP contribution in [0.4, 0.5) is 25.0 Å². The monoisotopic (exact) mass is 436 g/mol. The van der Waals surface area contributed by atoms with E-state index in [4.69, 9.17) is 9.26 Å². The summed E-state index contributed by atoms with van der Waals surface area (Å²) in [6, 6.07) is 5.19. The Labute approximate surface area is 176 Å². The van der Waals surface area contributed by atoms with Crippen molar-refractivity contribution in [3.63, 3.8) is 0 Å². The second-order valence-corrected chi connectivity index (χ2v) is 8.36. The number of fused-ring (bicyclic) bond motifs is 3. The van der Waals surface area contributed by atoms with E-state index >= 15 is 0 Å². The van der Waals surface area contributed by atoms with Crippen molar-refractivity contribution in [3.05, 3.63) is 30.1 Å². The zero-order chi connectivity index (χ0) is 21.8. The van der Waals surface area contributed by atoms with Crippen LogP contribution in [0.5, 0.6) is 5.75 Å². The number of rotatable bonds is 5. The van der Waals surface area contributed by atoms with Crippen LogP contribution in [0, 0.1) is 18.8 Å². The minimum absolute atomic E-state index is 0.0476. The van der Waals surface area contributed by atoms with E-state index in [9.17, 15) is 13.2 Å². The second-order valence-electron chi connectivity index (χ2n) is 8.36. The molecule has 4 atom stereocenters. The molecule has 2 aliphatic rings. The fourth-order valence-electron chi connectivity index (χ4n) is 4.58. The first-order chi connectivity index (χ1) is 14.8. The number of aryl methyl sites for hydroxylation is 1. The Kier molecular flexibility index (Phi) is 4.71. The molecule has 4 heterocycles. The number of nitrogens with zero attached hydrogens (tertiary/aromatic N) is 5. The van der Waals surface area contributed by atoms with E-state index in [2.05, 4.69) is 25.5 Å². The third-order valence-corrected chi connectivity index (χ3v) is 6.15. The Balaban J connectivity index is 1.33. The van der Waals surface area contributed by atoms with Crippen molar-refractivity contribution in [1.29, 1.82) is 0 Å². The zero-order valence-electron chi connectivity index (χ0n) is 17.1. The van der Waals surface area contributed by atoms with Gasteiger partial charge in [-0.05, 0) is 50.7 Å². The summed E-state index contributed by atoms with van der Waals surface area (Å²) < 4.78 is 50.7. The molecule has 11 heteroatoms. The highest BCUT2D eigenvalue weighted by Crippen LogP contribution is 2.40. The normalized spacial score (nSPS) is 24.5. The lowest BCUT2D eigenvalue weighted by Crippen LogP contribution is -2.48. The Morgan fingerprint density at radius 2 is 2.00 bits per heavy atom. The lowest BCUT2D eigenvalue weighted by Gasteiger charge is -2.37. The van der Waals surface area contributed by atoms with Gasteiger partial charge in [0.25, 0.3) is 0 Å². The number of piperidine rings is 1. The molecule has 166 valence electrons. The van der Waals surface area contributed by atoms with E-state index in [1.165, 1.54) is 10.6 Å². The first-order valence-electron chi connectivity index (χ1n) is 10.3. The molecule has 1 aliphatic carbocycles. The molecular formula is C20H23F3N6O2. The number of hydrogen-bond acceptors (Lipinski definition) is 7. The molecule has 0 amide bonds. The number of halogens is 3. The molecule has 31 heavy (non-hydrogen) atoms. The summed E-state index contributed by atoms with van der Waals surface area (Å²) in [4.78, 5) is 6.65. The van der Waals surface area contributed by atoms with Gasteiger partial charge in [0, 0.05) is 31.4 Å². The number of pyridine rings is 1. The number of aromatic nitrogens is 4. The third kappa shape index (κ3) is 3.77. The Morgan fingerprint density at radius 1 is 1.26 bits per heavy atom. The fraction of sp³-hybridized carbons (Fsp3) is 0.550. The number of nitrogens with one attached hydrogen (secondary N) is 1. The molecule has 8 nitrogen and oxygen atoms in total. The molecule has 0 radical (unpaired) electrons. The standard InChI is InChI=1S/C20H23F3N6O2/c1-11-8-16(31-27-11)28-9-13-5-6-14(10-28)17(13)24-19-25-18-15(4-3-7-29(18)26-19)30-12(2)20(21,22)23/h3-4,7-8,12-14,17H,5-6,9-10H2,1-2H3,(H,24,26)/t12?,13-,14+,17-. The van der Waals surface area contributed by atoms with E-state index in [1.807, 2.05) is 13.0 Å². The lowest BCUT2D eigenvalue weighted by atomic mass is 9.92. The highest BCUT2D eigenvalue weighted by molar-refractivity contribution is 5.56. The average Bonchev–Trinajstić information content (AvgIpc) is 3.38. The Bertz CT molecular complexity index is 1070. The van der Waals surface area contributed by atoms with Crippen LogP contribution in [0.15, 0.2) is 28.9 Å². The Hall–Kier alpha value is -2.98. The molecule has 2 bridgehead atoms. The highest BCUT2D eigenvalue weighted by atomic mass is 19.4. The average molecular weight is 436 g/mol. The van der Waals surface area contributed by atoms with Gasteiger partial charge >= 0.3 is 6.18 Å². The van der Waals surface area contributed by atoms with Crippen LogP contribution >= 0.6 is 0 Å². The van der Waals surface area contributed by atoms with Crippen molar-refractivity contribution in [2.45, 2.75) is 45.0 Å². The molecule has 1 aliphatic heterocycles. The van der Waals surface area contributed by atoms with Crippen LogP contribution in [-0.4, -0.2) is 51.2 Å². The van der Waals surface area contributed by atoms with Crippen LogP contribution in [-0.2, 0) is 0 Å². The number of alkyl halides is 3. The Morgan fingerprint density at radius 3 is 2.65 bits per heavy atom. The number of anilines is 2. The van der Waals surface area contributed by atoms with E-state index in [1.54, 1.807) is 12.3 Å². The van der Waals surface area contributed by atoms with Crippen LogP contribution in [0.2, 0.25) is 0 Å². The maximum atomic E-state index is 12.9. The minimum atomic E-state index is -4.46. The first-order valence-corrected chi connectivity index (χ1v) is 10.3. The third-order valence-electron chi connectivity index (χ3n) is 6.15. The summed E-state index contributed by atoms with van der Waals surface area (Å²) in [6.45, 7) is 4.56. The van der Waals surface area contributed by atoms with Gasteiger partial charge in [-0.3, -0.25) is 0 Å². The summed E-state index contributed by atoms with van der Waals surface area (Å²) >= 11 is 0. The van der Waals surface area contributed by atoms with Crippen LogP contribution < -0.4 is 15.0 Å². The molecule has 2 fully saturated rings. The summed E-state index contributed by atoms with van der Waals surface area (Å²) in [7, 11) is 0. The van der Waals surface area contributed by atoms with Crippen molar-refractivity contribution in [2.75, 3.05) is 23.3 Å². The lowest BCUT2D eigenvalue weighted by molar-refractivity contribution is -0.189. The first kappa shape index (κ1) is 20.0. The van der Waals surface area contributed by atoms with Crippen LogP contribution in [0.25, 0.3) is 5.65 Å². The van der Waals surface area contributed by atoms with E-state index in [0.29, 0.717) is 17.8 Å². The molecule has 1 unspecified atom stereocenters. The summed E-state index contributed by atoms with van der Waals surface area (Å²) in [5.41, 5.74) is 1.11. The molecule has 1 saturated carbocycles. The van der Waals surface area contributed by atoms with Crippen molar-refractivity contribution in [3.8, 4) is 5.75 Å². The topological polar surface area (TPSA) is 80.7 Å². The van der Waals surface area contributed by atoms with Gasteiger partial charge in [0.05, 0.1) is 5.69 Å². The van der Waals surface area contributed by atoms with Crippen molar-refractivity contribution in [1.82, 2.24) is 19.8 Å². The van der Waals surface area contributed by atoms with Gasteiger partial charge in [0.2, 0.25) is 11.8 Å². The van der Waals surface area contributed by atoms with Gasteiger partial charge < -0.3 is 19.5 Å². The molecule has 5 rings (SSSR count). The predicted molar refractivity (Wildman–Crippen MR) is 106 cm³/mol. The number of hydrogen-bond donors (Lipinski definition) is 1. The van der Waals surface area contributed by atoms with Crippen LogP contribution in [0.1, 0.15) is 25.5 Å². The molecule has 0 aromatic carbocycles. The quantitative estimate of drug-likeness (QED) is 0.654. The molecular weight excluding hydrogens is 413 g/mol. The number of ether oxygens (including phenoxy) is 1. The molecule has 1 saturated heterocycles. The van der Waals surface area contributed by atoms with E-state index < -0.39 is 12.3 Å². The van der Waals surface area contributed by atoms with Gasteiger partial charge in [-0.1, -0.05) is 5.16 Å². The molecule has 3 aromatic heterocycles. The van der Waals surface area contributed by atoms with Gasteiger partial charge in [-0.25, -0.2) is 4.52 Å².